The van der Waals surface area contributed by atoms with Gasteiger partial charge < -0.3 is 10.4 Å². The Morgan fingerprint density at radius 3 is 1.83 bits per heavy atom. The van der Waals surface area contributed by atoms with E-state index in [0.29, 0.717) is 5.75 Å². The highest BCUT2D eigenvalue weighted by atomic mass is 16.3. The summed E-state index contributed by atoms with van der Waals surface area (Å²) in [5.41, 5.74) is 0.992. The average Bonchev–Trinajstić information content (AvgIpc) is 2.57. The number of rotatable bonds is 15. The van der Waals surface area contributed by atoms with Gasteiger partial charge >= 0.3 is 0 Å². The van der Waals surface area contributed by atoms with Crippen molar-refractivity contribution in [3.05, 3.63) is 29.8 Å². The quantitative estimate of drug-likeness (QED) is 0.378. The first-order valence-corrected chi connectivity index (χ1v) is 9.82. The highest BCUT2D eigenvalue weighted by Gasteiger charge is 1.98. The fourth-order valence-electron chi connectivity index (χ4n) is 2.97. The Hall–Kier alpha value is -1.02. The number of aromatic hydroxyl groups is 1. The second-order valence-electron chi connectivity index (χ2n) is 6.69. The molecule has 0 aliphatic rings. The smallest absolute Gasteiger partial charge is 0.120 e. The summed E-state index contributed by atoms with van der Waals surface area (Å²) >= 11 is 0. The zero-order valence-electron chi connectivity index (χ0n) is 15.2. The van der Waals surface area contributed by atoms with Crippen molar-refractivity contribution in [2.24, 2.45) is 0 Å². The molecule has 0 spiro atoms. The molecule has 0 amide bonds. The zero-order valence-corrected chi connectivity index (χ0v) is 15.2. The van der Waals surface area contributed by atoms with E-state index < -0.39 is 0 Å². The second kappa shape index (κ2) is 14.6. The maximum atomic E-state index is 9.67. The molecule has 1 aromatic rings. The third-order valence-electron chi connectivity index (χ3n) is 4.51. The van der Waals surface area contributed by atoms with Gasteiger partial charge in [-0.05, 0) is 19.0 Å². The summed E-state index contributed by atoms with van der Waals surface area (Å²) in [7, 11) is 0. The SMILES string of the molecule is CCCCCCCCCCCCCCNCc1ccccc1O. The van der Waals surface area contributed by atoms with Crippen LogP contribution in [0.2, 0.25) is 0 Å². The van der Waals surface area contributed by atoms with Crippen molar-refractivity contribution in [2.45, 2.75) is 90.5 Å². The Balaban J connectivity index is 1.79. The number of hydrogen-bond donors (Lipinski definition) is 2. The average molecular weight is 320 g/mol. The van der Waals surface area contributed by atoms with E-state index in [1.165, 1.54) is 77.0 Å². The van der Waals surface area contributed by atoms with Crippen molar-refractivity contribution in [3.8, 4) is 5.75 Å². The standard InChI is InChI=1S/C21H37NO/c1-2-3-4-5-6-7-8-9-10-11-12-15-18-22-19-20-16-13-14-17-21(20)23/h13-14,16-17,22-23H,2-12,15,18-19H2,1H3. The summed E-state index contributed by atoms with van der Waals surface area (Å²) in [6, 6.07) is 7.57. The summed E-state index contributed by atoms with van der Waals surface area (Å²) in [4.78, 5) is 0. The van der Waals surface area contributed by atoms with E-state index in [4.69, 9.17) is 0 Å². The lowest BCUT2D eigenvalue weighted by molar-refractivity contribution is 0.463. The Morgan fingerprint density at radius 1 is 0.739 bits per heavy atom. The van der Waals surface area contributed by atoms with Gasteiger partial charge in [0.15, 0.2) is 0 Å². The molecule has 0 aromatic heterocycles. The van der Waals surface area contributed by atoms with E-state index in [9.17, 15) is 5.11 Å². The van der Waals surface area contributed by atoms with Crippen LogP contribution in [0.5, 0.6) is 5.75 Å². The number of hydrogen-bond acceptors (Lipinski definition) is 2. The van der Waals surface area contributed by atoms with Gasteiger partial charge in [-0.2, -0.15) is 0 Å². The molecule has 23 heavy (non-hydrogen) atoms. The van der Waals surface area contributed by atoms with Crippen LogP contribution in [0.1, 0.15) is 89.5 Å². The van der Waals surface area contributed by atoms with Crippen molar-refractivity contribution in [3.63, 3.8) is 0 Å². The Kier molecular flexibility index (Phi) is 12.7. The van der Waals surface area contributed by atoms with E-state index in [-0.39, 0.29) is 0 Å². The molecule has 0 saturated carbocycles. The first kappa shape index (κ1) is 20.0. The molecule has 2 nitrogen and oxygen atoms in total. The van der Waals surface area contributed by atoms with Crippen LogP contribution in [0, 0.1) is 0 Å². The van der Waals surface area contributed by atoms with Gasteiger partial charge in [-0.1, -0.05) is 95.8 Å². The molecule has 1 aromatic carbocycles. The summed E-state index contributed by atoms with van der Waals surface area (Å²) in [6.45, 7) is 4.09. The molecule has 0 fully saturated rings. The predicted octanol–water partition coefficient (Wildman–Crippen LogP) is 6.18. The maximum absolute atomic E-state index is 9.67. The molecule has 0 atom stereocenters. The van der Waals surface area contributed by atoms with Crippen LogP contribution < -0.4 is 5.32 Å². The molecule has 0 aliphatic carbocycles. The Bertz CT molecular complexity index is 378. The predicted molar refractivity (Wildman–Crippen MR) is 101 cm³/mol. The van der Waals surface area contributed by atoms with Gasteiger partial charge in [0.25, 0.3) is 0 Å². The third kappa shape index (κ3) is 11.2. The van der Waals surface area contributed by atoms with E-state index in [0.717, 1.165) is 18.7 Å². The Morgan fingerprint density at radius 2 is 1.26 bits per heavy atom. The van der Waals surface area contributed by atoms with Crippen LogP contribution in [-0.2, 0) is 6.54 Å². The normalized spacial score (nSPS) is 11.0. The van der Waals surface area contributed by atoms with Crippen molar-refractivity contribution in [1.82, 2.24) is 5.32 Å². The number of phenols is 1. The van der Waals surface area contributed by atoms with Crippen LogP contribution in [0.25, 0.3) is 0 Å². The van der Waals surface area contributed by atoms with Gasteiger partial charge in [0.2, 0.25) is 0 Å². The first-order chi connectivity index (χ1) is 11.3. The van der Waals surface area contributed by atoms with Crippen LogP contribution in [-0.4, -0.2) is 11.7 Å². The lowest BCUT2D eigenvalue weighted by Crippen LogP contribution is -2.14. The van der Waals surface area contributed by atoms with Gasteiger partial charge in [0, 0.05) is 12.1 Å². The first-order valence-electron chi connectivity index (χ1n) is 9.82. The summed E-state index contributed by atoms with van der Waals surface area (Å²) in [5.74, 6) is 0.398. The van der Waals surface area contributed by atoms with Crippen LogP contribution >= 0.6 is 0 Å². The summed E-state index contributed by atoms with van der Waals surface area (Å²) in [6.07, 6.45) is 16.7. The molecule has 2 heteroatoms. The number of nitrogens with one attached hydrogen (secondary N) is 1. The monoisotopic (exact) mass is 319 g/mol. The van der Waals surface area contributed by atoms with E-state index in [2.05, 4.69) is 12.2 Å². The topological polar surface area (TPSA) is 32.3 Å². The molecule has 0 aliphatic heterocycles. The van der Waals surface area contributed by atoms with Gasteiger partial charge in [-0.25, -0.2) is 0 Å². The summed E-state index contributed by atoms with van der Waals surface area (Å²) < 4.78 is 0. The minimum atomic E-state index is 0.398. The Labute approximate surface area is 143 Å². The van der Waals surface area contributed by atoms with Crippen LogP contribution in [0.15, 0.2) is 24.3 Å². The molecular formula is C21H37NO. The molecule has 0 bridgehead atoms. The van der Waals surface area contributed by atoms with E-state index in [1.807, 2.05) is 18.2 Å². The largest absolute Gasteiger partial charge is 0.508 e. The van der Waals surface area contributed by atoms with Gasteiger partial charge in [-0.15, -0.1) is 0 Å². The fraction of sp³-hybridized carbons (Fsp3) is 0.714. The van der Waals surface area contributed by atoms with E-state index >= 15 is 0 Å². The zero-order chi connectivity index (χ0) is 16.6. The third-order valence-corrected chi connectivity index (χ3v) is 4.51. The van der Waals surface area contributed by atoms with Crippen molar-refractivity contribution < 1.29 is 5.11 Å². The number of para-hydroxylation sites is 1. The molecule has 0 heterocycles. The van der Waals surface area contributed by atoms with Crippen LogP contribution in [0.4, 0.5) is 0 Å². The second-order valence-corrected chi connectivity index (χ2v) is 6.69. The molecular weight excluding hydrogens is 282 g/mol. The molecule has 0 saturated heterocycles. The molecule has 132 valence electrons. The lowest BCUT2D eigenvalue weighted by atomic mass is 10.1. The molecule has 2 N–H and O–H groups in total. The fourth-order valence-corrected chi connectivity index (χ4v) is 2.97. The number of unbranched alkanes of at least 4 members (excludes halogenated alkanes) is 11. The molecule has 0 unspecified atom stereocenters. The minimum Gasteiger partial charge on any atom is -0.508 e. The number of phenolic OH excluding ortho intramolecular Hbond substituents is 1. The van der Waals surface area contributed by atoms with Crippen molar-refractivity contribution >= 4 is 0 Å². The summed E-state index contributed by atoms with van der Waals surface area (Å²) in [5, 5.41) is 13.1. The van der Waals surface area contributed by atoms with Gasteiger partial charge in [0.1, 0.15) is 5.75 Å². The lowest BCUT2D eigenvalue weighted by Gasteiger charge is -2.06. The van der Waals surface area contributed by atoms with Crippen molar-refractivity contribution in [2.75, 3.05) is 6.54 Å². The van der Waals surface area contributed by atoms with Crippen molar-refractivity contribution in [1.29, 1.82) is 0 Å². The van der Waals surface area contributed by atoms with E-state index in [1.54, 1.807) is 6.07 Å². The minimum absolute atomic E-state index is 0.398. The highest BCUT2D eigenvalue weighted by molar-refractivity contribution is 5.31. The van der Waals surface area contributed by atoms with Gasteiger partial charge in [-0.3, -0.25) is 0 Å². The molecule has 0 radical (unpaired) electrons. The van der Waals surface area contributed by atoms with Gasteiger partial charge in [0.05, 0.1) is 0 Å². The number of benzene rings is 1. The highest BCUT2D eigenvalue weighted by Crippen LogP contribution is 2.15. The molecule has 1 rings (SSSR count). The van der Waals surface area contributed by atoms with Crippen LogP contribution in [0.3, 0.4) is 0 Å². The maximum Gasteiger partial charge on any atom is 0.120 e.